The van der Waals surface area contributed by atoms with Crippen LogP contribution in [0.2, 0.25) is 0 Å². The van der Waals surface area contributed by atoms with E-state index in [9.17, 15) is 12.8 Å². The second-order valence-electron chi connectivity index (χ2n) is 7.08. The van der Waals surface area contributed by atoms with Crippen molar-refractivity contribution in [3.63, 3.8) is 0 Å². The zero-order valence-electron chi connectivity index (χ0n) is 17.7. The minimum atomic E-state index is -3.74. The number of methoxy groups -OCH3 is 1. The first-order chi connectivity index (χ1) is 15.9. The summed E-state index contributed by atoms with van der Waals surface area (Å²) in [5, 5.41) is 2.94. The first-order valence-electron chi connectivity index (χ1n) is 10.1. The quantitative estimate of drug-likeness (QED) is 0.339. The molecule has 0 saturated carbocycles. The zero-order valence-corrected chi connectivity index (χ0v) is 18.5. The third-order valence-electron chi connectivity index (χ3n) is 4.80. The van der Waals surface area contributed by atoms with E-state index in [1.54, 1.807) is 30.7 Å². The van der Waals surface area contributed by atoms with Gasteiger partial charge in [-0.15, -0.1) is 0 Å². The van der Waals surface area contributed by atoms with Crippen LogP contribution in [0.15, 0.2) is 76.7 Å². The maximum absolute atomic E-state index is 13.1. The number of anilines is 2. The van der Waals surface area contributed by atoms with Gasteiger partial charge in [0, 0.05) is 31.0 Å². The van der Waals surface area contributed by atoms with Gasteiger partial charge < -0.3 is 19.0 Å². The lowest BCUT2D eigenvalue weighted by molar-refractivity contribution is 0.416. The second-order valence-corrected chi connectivity index (χ2v) is 8.84. The van der Waals surface area contributed by atoms with E-state index >= 15 is 0 Å². The Morgan fingerprint density at radius 1 is 1.18 bits per heavy atom. The number of imidazole rings is 1. The predicted molar refractivity (Wildman–Crippen MR) is 120 cm³/mol. The Kier molecular flexibility index (Phi) is 6.71. The average Bonchev–Trinajstić information content (AvgIpc) is 3.50. The fraction of sp³-hybridized carbons (Fsp3) is 0.182. The third kappa shape index (κ3) is 5.57. The lowest BCUT2D eigenvalue weighted by atomic mass is 10.2. The summed E-state index contributed by atoms with van der Waals surface area (Å²) in [7, 11) is -2.27. The van der Waals surface area contributed by atoms with Crippen molar-refractivity contribution in [2.45, 2.75) is 17.9 Å². The molecule has 0 atom stereocenters. The summed E-state index contributed by atoms with van der Waals surface area (Å²) >= 11 is 0. The van der Waals surface area contributed by atoms with Crippen molar-refractivity contribution in [3.05, 3.63) is 73.2 Å². The molecule has 2 aromatic carbocycles. The van der Waals surface area contributed by atoms with E-state index in [1.165, 1.54) is 37.6 Å². The molecule has 0 spiro atoms. The highest BCUT2D eigenvalue weighted by molar-refractivity contribution is 7.89. The van der Waals surface area contributed by atoms with Crippen LogP contribution >= 0.6 is 0 Å². The van der Waals surface area contributed by atoms with Crippen LogP contribution in [0.4, 0.5) is 16.1 Å². The molecular weight excluding hydrogens is 449 g/mol. The molecule has 0 fully saturated rings. The monoisotopic (exact) mass is 471 g/mol. The molecule has 2 N–H and O–H groups in total. The summed E-state index contributed by atoms with van der Waals surface area (Å²) in [6, 6.07) is 10.4. The molecule has 172 valence electrons. The van der Waals surface area contributed by atoms with Gasteiger partial charge in [-0.2, -0.15) is 0 Å². The van der Waals surface area contributed by atoms with Gasteiger partial charge in [-0.25, -0.2) is 27.5 Å². The molecular formula is C22H22FN5O4S. The number of ether oxygens (including phenoxy) is 1. The molecule has 11 heteroatoms. The van der Waals surface area contributed by atoms with Gasteiger partial charge in [-0.05, 0) is 48.9 Å². The Morgan fingerprint density at radius 3 is 2.73 bits per heavy atom. The summed E-state index contributed by atoms with van der Waals surface area (Å²) in [6.45, 7) is 0.925. The second kappa shape index (κ2) is 9.84. The van der Waals surface area contributed by atoms with E-state index in [-0.39, 0.29) is 23.3 Å². The van der Waals surface area contributed by atoms with Crippen molar-refractivity contribution in [2.24, 2.45) is 0 Å². The molecule has 0 aliphatic carbocycles. The standard InChI is InChI=1S/C22H22FN5O4S/c1-31-20-8-7-18(33(29,30)26-9-2-11-28-12-10-24-15-28)13-19(20)27-22-25-14-21(32-22)16-3-5-17(23)6-4-16/h3-8,10,12-15,26H,2,9,11H2,1H3,(H,25,27). The van der Waals surface area contributed by atoms with Crippen LogP contribution in [0.25, 0.3) is 11.3 Å². The highest BCUT2D eigenvalue weighted by Gasteiger charge is 2.17. The fourth-order valence-electron chi connectivity index (χ4n) is 3.12. The number of hydrogen-bond donors (Lipinski definition) is 2. The van der Waals surface area contributed by atoms with Gasteiger partial charge >= 0.3 is 0 Å². The molecule has 33 heavy (non-hydrogen) atoms. The van der Waals surface area contributed by atoms with Crippen molar-refractivity contribution < 1.29 is 22.0 Å². The van der Waals surface area contributed by atoms with E-state index < -0.39 is 10.0 Å². The molecule has 4 rings (SSSR count). The molecule has 0 aliphatic rings. The maximum Gasteiger partial charge on any atom is 0.299 e. The number of nitrogens with zero attached hydrogens (tertiary/aromatic N) is 3. The number of nitrogens with one attached hydrogen (secondary N) is 2. The molecule has 2 aromatic heterocycles. The number of aryl methyl sites for hydroxylation is 1. The van der Waals surface area contributed by atoms with Gasteiger partial charge in [-0.1, -0.05) is 0 Å². The summed E-state index contributed by atoms with van der Waals surface area (Å²) in [6.07, 6.45) is 7.27. The van der Waals surface area contributed by atoms with Crippen molar-refractivity contribution in [2.75, 3.05) is 19.0 Å². The minimum absolute atomic E-state index is 0.0683. The van der Waals surface area contributed by atoms with Crippen LogP contribution in [0.5, 0.6) is 5.75 Å². The Bertz CT molecular complexity index is 1310. The number of sulfonamides is 1. The molecule has 0 saturated heterocycles. The van der Waals surface area contributed by atoms with Crippen molar-refractivity contribution >= 4 is 21.7 Å². The summed E-state index contributed by atoms with van der Waals surface area (Å²) in [4.78, 5) is 8.19. The summed E-state index contributed by atoms with van der Waals surface area (Å²) in [5.74, 6) is 0.491. The van der Waals surface area contributed by atoms with Crippen molar-refractivity contribution in [1.29, 1.82) is 0 Å². The lowest BCUT2D eigenvalue weighted by Gasteiger charge is -2.12. The molecule has 0 aliphatic heterocycles. The van der Waals surface area contributed by atoms with E-state index in [1.807, 2.05) is 10.8 Å². The van der Waals surface area contributed by atoms with E-state index in [0.29, 0.717) is 35.7 Å². The lowest BCUT2D eigenvalue weighted by Crippen LogP contribution is -2.25. The maximum atomic E-state index is 13.1. The molecule has 2 heterocycles. The van der Waals surface area contributed by atoms with Crippen molar-refractivity contribution in [1.82, 2.24) is 19.3 Å². The van der Waals surface area contributed by atoms with E-state index in [0.717, 1.165) is 0 Å². The zero-order chi connectivity index (χ0) is 23.3. The number of halogens is 1. The predicted octanol–water partition coefficient (Wildman–Crippen LogP) is 3.80. The van der Waals surface area contributed by atoms with Gasteiger partial charge in [0.2, 0.25) is 10.0 Å². The molecule has 9 nitrogen and oxygen atoms in total. The van der Waals surface area contributed by atoms with Gasteiger partial charge in [0.25, 0.3) is 6.01 Å². The van der Waals surface area contributed by atoms with E-state index in [4.69, 9.17) is 9.15 Å². The van der Waals surface area contributed by atoms with Crippen LogP contribution in [0.1, 0.15) is 6.42 Å². The highest BCUT2D eigenvalue weighted by Crippen LogP contribution is 2.31. The third-order valence-corrected chi connectivity index (χ3v) is 6.26. The van der Waals surface area contributed by atoms with Crippen LogP contribution in [0, 0.1) is 5.82 Å². The van der Waals surface area contributed by atoms with Crippen LogP contribution in [0.3, 0.4) is 0 Å². The fourth-order valence-corrected chi connectivity index (χ4v) is 4.22. The highest BCUT2D eigenvalue weighted by atomic mass is 32.2. The number of oxazole rings is 1. The Labute approximate surface area is 190 Å². The largest absolute Gasteiger partial charge is 0.495 e. The molecule has 0 radical (unpaired) electrons. The normalized spacial score (nSPS) is 11.5. The van der Waals surface area contributed by atoms with Gasteiger partial charge in [0.1, 0.15) is 11.6 Å². The smallest absolute Gasteiger partial charge is 0.299 e. The van der Waals surface area contributed by atoms with Gasteiger partial charge in [0.05, 0.1) is 30.2 Å². The SMILES string of the molecule is COc1ccc(S(=O)(=O)NCCCn2ccnc2)cc1Nc1ncc(-c2ccc(F)cc2)o1. The summed E-state index contributed by atoms with van der Waals surface area (Å²) in [5.41, 5.74) is 1.02. The minimum Gasteiger partial charge on any atom is -0.495 e. The van der Waals surface area contributed by atoms with Crippen molar-refractivity contribution in [3.8, 4) is 17.1 Å². The number of hydrogen-bond acceptors (Lipinski definition) is 7. The Balaban J connectivity index is 1.46. The first-order valence-corrected chi connectivity index (χ1v) is 11.6. The van der Waals surface area contributed by atoms with Crippen LogP contribution in [-0.4, -0.2) is 36.6 Å². The Hall–Kier alpha value is -3.70. The molecule has 0 amide bonds. The number of benzene rings is 2. The molecule has 4 aromatic rings. The van der Waals surface area contributed by atoms with Crippen LogP contribution < -0.4 is 14.8 Å². The van der Waals surface area contributed by atoms with Gasteiger partial charge in [-0.3, -0.25) is 0 Å². The number of aromatic nitrogens is 3. The average molecular weight is 472 g/mol. The van der Waals surface area contributed by atoms with Crippen LogP contribution in [-0.2, 0) is 16.6 Å². The summed E-state index contributed by atoms with van der Waals surface area (Å²) < 4.78 is 54.1. The topological polar surface area (TPSA) is 111 Å². The Morgan fingerprint density at radius 2 is 2.00 bits per heavy atom. The molecule has 0 unspecified atom stereocenters. The van der Waals surface area contributed by atoms with Gasteiger partial charge in [0.15, 0.2) is 5.76 Å². The van der Waals surface area contributed by atoms with E-state index in [2.05, 4.69) is 20.0 Å². The number of rotatable bonds is 10. The first kappa shape index (κ1) is 22.5. The molecule has 0 bridgehead atoms.